The summed E-state index contributed by atoms with van der Waals surface area (Å²) in [6.45, 7) is 1.92. The molecule has 3 aromatic carbocycles. The third-order valence-corrected chi connectivity index (χ3v) is 6.78. The molecule has 4 aromatic rings. The zero-order valence-electron chi connectivity index (χ0n) is 20.5. The van der Waals surface area contributed by atoms with Gasteiger partial charge in [0.1, 0.15) is 11.5 Å². The zero-order valence-corrected chi connectivity index (χ0v) is 20.5. The number of carbonyl (C=O) groups excluding carboxylic acids is 2. The van der Waals surface area contributed by atoms with E-state index in [1.807, 2.05) is 64.1 Å². The number of anilines is 1. The van der Waals surface area contributed by atoms with Crippen LogP contribution in [0.2, 0.25) is 0 Å². The summed E-state index contributed by atoms with van der Waals surface area (Å²) in [6.07, 6.45) is 1.07. The first-order chi connectivity index (χ1) is 17.9. The Morgan fingerprint density at radius 1 is 0.973 bits per heavy atom. The van der Waals surface area contributed by atoms with Crippen molar-refractivity contribution in [1.29, 1.82) is 5.41 Å². The molecular weight excluding hydrogens is 464 g/mol. The second-order valence-electron chi connectivity index (χ2n) is 9.34. The molecule has 1 aliphatic rings. The second-order valence-corrected chi connectivity index (χ2v) is 9.34. The van der Waals surface area contributed by atoms with Gasteiger partial charge in [-0.15, -0.1) is 0 Å². The first kappa shape index (κ1) is 24.3. The first-order valence-electron chi connectivity index (χ1n) is 12.4. The fourth-order valence-corrected chi connectivity index (χ4v) is 4.89. The van der Waals surface area contributed by atoms with Crippen LogP contribution in [0.5, 0.6) is 0 Å². The van der Waals surface area contributed by atoms with E-state index in [4.69, 9.17) is 16.9 Å². The zero-order chi connectivity index (χ0) is 25.9. The van der Waals surface area contributed by atoms with Crippen LogP contribution in [0.4, 0.5) is 5.69 Å². The molecule has 2 heterocycles. The predicted octanol–water partition coefficient (Wildman–Crippen LogP) is 3.46. The fraction of sp³-hybridized carbons (Fsp3) is 0.207. The summed E-state index contributed by atoms with van der Waals surface area (Å²) in [6, 6.07) is 23.3. The van der Waals surface area contributed by atoms with Gasteiger partial charge in [0.15, 0.2) is 0 Å². The summed E-state index contributed by atoms with van der Waals surface area (Å²) in [7, 11) is 0. The number of nitrogens with one attached hydrogen (secondary N) is 2. The molecule has 37 heavy (non-hydrogen) atoms. The lowest BCUT2D eigenvalue weighted by atomic mass is 10.00. The molecule has 2 amide bonds. The third-order valence-electron chi connectivity index (χ3n) is 6.78. The number of hydrogen-bond acceptors (Lipinski definition) is 4. The average molecular weight is 495 g/mol. The Labute approximate surface area is 215 Å². The summed E-state index contributed by atoms with van der Waals surface area (Å²) in [5, 5.41) is 11.7. The summed E-state index contributed by atoms with van der Waals surface area (Å²) in [5.74, 6) is -0.208. The maximum absolute atomic E-state index is 13.9. The lowest BCUT2D eigenvalue weighted by Crippen LogP contribution is -2.37. The van der Waals surface area contributed by atoms with Crippen molar-refractivity contribution >= 4 is 34.2 Å². The summed E-state index contributed by atoms with van der Waals surface area (Å²) in [5.41, 5.74) is 17.3. The molecule has 0 saturated heterocycles. The molecule has 0 bridgehead atoms. The lowest BCUT2D eigenvalue weighted by Gasteiger charge is -2.29. The molecule has 0 fully saturated rings. The predicted molar refractivity (Wildman–Crippen MR) is 146 cm³/mol. The minimum Gasteiger partial charge on any atom is -0.384 e. The molecule has 188 valence electrons. The summed E-state index contributed by atoms with van der Waals surface area (Å²) < 4.78 is 1.98. The topological polar surface area (TPSA) is 130 Å². The van der Waals surface area contributed by atoms with Gasteiger partial charge in [0.05, 0.1) is 0 Å². The fourth-order valence-electron chi connectivity index (χ4n) is 4.89. The normalized spacial score (nSPS) is 12.8. The van der Waals surface area contributed by atoms with Gasteiger partial charge in [-0.1, -0.05) is 48.5 Å². The van der Waals surface area contributed by atoms with Gasteiger partial charge in [0.25, 0.3) is 5.91 Å². The minimum absolute atomic E-state index is 0.0280. The molecule has 6 N–H and O–H groups in total. The van der Waals surface area contributed by atoms with E-state index in [1.54, 1.807) is 6.07 Å². The van der Waals surface area contributed by atoms with E-state index in [0.29, 0.717) is 36.6 Å². The highest BCUT2D eigenvalue weighted by Crippen LogP contribution is 2.27. The number of nitrogens with zero attached hydrogens (tertiary/aromatic N) is 2. The Bertz CT molecular complexity index is 1510. The number of rotatable bonds is 7. The SMILES string of the molecule is N=C(N)c1ccc2cc(C(=O)N3CCc4ccccc4C3)n(Cc3cccc(NC(=O)CCN)c3)c2c1. The van der Waals surface area contributed by atoms with Crippen molar-refractivity contribution in [3.05, 3.63) is 101 Å². The maximum Gasteiger partial charge on any atom is 0.270 e. The van der Waals surface area contributed by atoms with Crippen LogP contribution in [0.25, 0.3) is 10.9 Å². The van der Waals surface area contributed by atoms with Gasteiger partial charge in [-0.2, -0.15) is 0 Å². The quantitative estimate of drug-likeness (QED) is 0.231. The van der Waals surface area contributed by atoms with Crippen LogP contribution in [0.3, 0.4) is 0 Å². The van der Waals surface area contributed by atoms with E-state index in [0.717, 1.165) is 22.9 Å². The van der Waals surface area contributed by atoms with Gasteiger partial charge < -0.3 is 26.3 Å². The summed E-state index contributed by atoms with van der Waals surface area (Å²) >= 11 is 0. The summed E-state index contributed by atoms with van der Waals surface area (Å²) in [4.78, 5) is 27.8. The number of nitrogens with two attached hydrogens (primary N) is 2. The third kappa shape index (κ3) is 5.10. The van der Waals surface area contributed by atoms with E-state index >= 15 is 0 Å². The van der Waals surface area contributed by atoms with Gasteiger partial charge in [-0.3, -0.25) is 15.0 Å². The van der Waals surface area contributed by atoms with Crippen LogP contribution < -0.4 is 16.8 Å². The van der Waals surface area contributed by atoms with E-state index in [1.165, 1.54) is 11.1 Å². The Morgan fingerprint density at radius 2 is 1.78 bits per heavy atom. The highest BCUT2D eigenvalue weighted by atomic mass is 16.2. The standard InChI is InChI=1S/C29H30N6O2/c30-12-10-27(36)33-24-7-3-4-19(14-24)17-35-25-16-22(28(31)32)9-8-21(25)15-26(35)29(37)34-13-11-20-5-1-2-6-23(20)18-34/h1-9,14-16H,10-13,17-18,30H2,(H3,31,32)(H,33,36). The highest BCUT2D eigenvalue weighted by Gasteiger charge is 2.25. The van der Waals surface area contributed by atoms with E-state index in [9.17, 15) is 9.59 Å². The van der Waals surface area contributed by atoms with Gasteiger partial charge in [-0.05, 0) is 47.4 Å². The molecule has 8 heteroatoms. The molecule has 0 spiro atoms. The molecular formula is C29H30N6O2. The molecule has 8 nitrogen and oxygen atoms in total. The van der Waals surface area contributed by atoms with E-state index < -0.39 is 0 Å². The van der Waals surface area contributed by atoms with Crippen LogP contribution in [0.1, 0.15) is 39.2 Å². The van der Waals surface area contributed by atoms with Crippen molar-refractivity contribution < 1.29 is 9.59 Å². The molecule has 0 radical (unpaired) electrons. The van der Waals surface area contributed by atoms with Gasteiger partial charge in [0.2, 0.25) is 5.91 Å². The largest absolute Gasteiger partial charge is 0.384 e. The lowest BCUT2D eigenvalue weighted by molar-refractivity contribution is -0.116. The minimum atomic E-state index is -0.140. The van der Waals surface area contributed by atoms with Gasteiger partial charge in [-0.25, -0.2) is 0 Å². The number of amides is 2. The average Bonchev–Trinajstić information content (AvgIpc) is 3.25. The molecule has 0 unspecified atom stereocenters. The smallest absolute Gasteiger partial charge is 0.270 e. The Kier molecular flexibility index (Phi) is 6.74. The van der Waals surface area contributed by atoms with Gasteiger partial charge in [0, 0.05) is 54.8 Å². The van der Waals surface area contributed by atoms with Crippen LogP contribution in [-0.4, -0.2) is 40.2 Å². The van der Waals surface area contributed by atoms with Crippen molar-refractivity contribution in [3.8, 4) is 0 Å². The van der Waals surface area contributed by atoms with Crippen molar-refractivity contribution in [3.63, 3.8) is 0 Å². The van der Waals surface area contributed by atoms with Gasteiger partial charge >= 0.3 is 0 Å². The number of nitrogen functional groups attached to an aromatic ring is 1. The first-order valence-corrected chi connectivity index (χ1v) is 12.4. The molecule has 0 aliphatic carbocycles. The van der Waals surface area contributed by atoms with E-state index in [-0.39, 0.29) is 30.6 Å². The van der Waals surface area contributed by atoms with Crippen molar-refractivity contribution in [1.82, 2.24) is 9.47 Å². The second kappa shape index (κ2) is 10.3. The van der Waals surface area contributed by atoms with Crippen molar-refractivity contribution in [2.24, 2.45) is 11.5 Å². The number of hydrogen-bond donors (Lipinski definition) is 4. The highest BCUT2D eigenvalue weighted by molar-refractivity contribution is 6.02. The molecule has 0 atom stereocenters. The van der Waals surface area contributed by atoms with E-state index in [2.05, 4.69) is 17.4 Å². The number of amidine groups is 1. The monoisotopic (exact) mass is 494 g/mol. The van der Waals surface area contributed by atoms with Crippen LogP contribution in [0, 0.1) is 5.41 Å². The maximum atomic E-state index is 13.9. The Balaban J connectivity index is 1.52. The van der Waals surface area contributed by atoms with Crippen LogP contribution >= 0.6 is 0 Å². The number of carbonyl (C=O) groups is 2. The molecule has 5 rings (SSSR count). The molecule has 1 aromatic heterocycles. The number of benzene rings is 3. The van der Waals surface area contributed by atoms with Crippen LogP contribution in [-0.2, 0) is 24.3 Å². The molecule has 0 saturated carbocycles. The van der Waals surface area contributed by atoms with Crippen molar-refractivity contribution in [2.45, 2.75) is 25.9 Å². The number of aromatic nitrogens is 1. The Morgan fingerprint density at radius 3 is 2.57 bits per heavy atom. The Hall–Kier alpha value is -4.43. The van der Waals surface area contributed by atoms with Crippen molar-refractivity contribution in [2.75, 3.05) is 18.4 Å². The molecule has 1 aliphatic heterocycles. The number of fused-ring (bicyclic) bond motifs is 2. The van der Waals surface area contributed by atoms with Crippen LogP contribution in [0.15, 0.2) is 72.8 Å².